The lowest BCUT2D eigenvalue weighted by Crippen LogP contribution is -2.36. The van der Waals surface area contributed by atoms with Crippen molar-refractivity contribution in [3.63, 3.8) is 0 Å². The number of likely N-dealkylation sites (tertiary alicyclic amines) is 1. The van der Waals surface area contributed by atoms with Gasteiger partial charge in [0.1, 0.15) is 0 Å². The van der Waals surface area contributed by atoms with Gasteiger partial charge in [-0.2, -0.15) is 0 Å². The molecule has 0 saturated carbocycles. The lowest BCUT2D eigenvalue weighted by Gasteiger charge is -2.27. The van der Waals surface area contributed by atoms with Crippen LogP contribution in [0.2, 0.25) is 0 Å². The average Bonchev–Trinajstić information content (AvgIpc) is 2.68. The van der Waals surface area contributed by atoms with Gasteiger partial charge in [0, 0.05) is 19.2 Å². The molecule has 25 heavy (non-hydrogen) atoms. The van der Waals surface area contributed by atoms with Crippen LogP contribution in [0, 0.1) is 0 Å². The number of hydrogen-bond acceptors (Lipinski definition) is 2. The van der Waals surface area contributed by atoms with E-state index in [1.807, 2.05) is 47.4 Å². The number of piperidine rings is 1. The number of amides is 2. The largest absolute Gasteiger partial charge is 0.339 e. The molecule has 4 nitrogen and oxygen atoms in total. The SMILES string of the molecule is O=C(C=Cc1ccccc1)Nc1ccccc1C(=O)N1CCCCC1. The molecular weight excluding hydrogens is 312 g/mol. The number of rotatable bonds is 4. The Balaban J connectivity index is 1.71. The Bertz CT molecular complexity index is 762. The molecule has 2 aromatic rings. The van der Waals surface area contributed by atoms with Crippen LogP contribution in [0.4, 0.5) is 5.69 Å². The van der Waals surface area contributed by atoms with Crippen molar-refractivity contribution in [3.05, 3.63) is 71.8 Å². The smallest absolute Gasteiger partial charge is 0.255 e. The molecule has 3 rings (SSSR count). The van der Waals surface area contributed by atoms with Crippen molar-refractivity contribution in [3.8, 4) is 0 Å². The van der Waals surface area contributed by atoms with E-state index >= 15 is 0 Å². The van der Waals surface area contributed by atoms with Crippen molar-refractivity contribution in [1.29, 1.82) is 0 Å². The zero-order valence-corrected chi connectivity index (χ0v) is 14.2. The highest BCUT2D eigenvalue weighted by Gasteiger charge is 2.20. The summed E-state index contributed by atoms with van der Waals surface area (Å²) in [5, 5.41) is 2.83. The van der Waals surface area contributed by atoms with E-state index in [2.05, 4.69) is 5.32 Å². The van der Waals surface area contributed by atoms with Gasteiger partial charge in [0.25, 0.3) is 5.91 Å². The predicted molar refractivity (Wildman–Crippen MR) is 100 cm³/mol. The van der Waals surface area contributed by atoms with Crippen LogP contribution >= 0.6 is 0 Å². The van der Waals surface area contributed by atoms with Gasteiger partial charge >= 0.3 is 0 Å². The Morgan fingerprint density at radius 3 is 2.32 bits per heavy atom. The second-order valence-corrected chi connectivity index (χ2v) is 6.13. The number of para-hydroxylation sites is 1. The molecule has 1 aliphatic rings. The van der Waals surface area contributed by atoms with Crippen molar-refractivity contribution < 1.29 is 9.59 Å². The Labute approximate surface area is 148 Å². The normalized spacial score (nSPS) is 14.5. The number of carbonyl (C=O) groups is 2. The zero-order valence-electron chi connectivity index (χ0n) is 14.2. The molecule has 0 spiro atoms. The van der Waals surface area contributed by atoms with Crippen LogP contribution in [0.15, 0.2) is 60.7 Å². The van der Waals surface area contributed by atoms with E-state index in [9.17, 15) is 9.59 Å². The first-order chi connectivity index (χ1) is 12.2. The highest BCUT2D eigenvalue weighted by Crippen LogP contribution is 2.20. The highest BCUT2D eigenvalue weighted by molar-refractivity contribution is 6.07. The maximum Gasteiger partial charge on any atom is 0.255 e. The minimum Gasteiger partial charge on any atom is -0.339 e. The molecular formula is C21H22N2O2. The molecule has 4 heteroatoms. The van der Waals surface area contributed by atoms with Gasteiger partial charge in [-0.15, -0.1) is 0 Å². The van der Waals surface area contributed by atoms with Gasteiger partial charge in [0.15, 0.2) is 0 Å². The van der Waals surface area contributed by atoms with Gasteiger partial charge in [0.05, 0.1) is 11.3 Å². The number of carbonyl (C=O) groups excluding carboxylic acids is 2. The number of nitrogens with zero attached hydrogens (tertiary/aromatic N) is 1. The summed E-state index contributed by atoms with van der Waals surface area (Å²) in [4.78, 5) is 26.8. The van der Waals surface area contributed by atoms with E-state index < -0.39 is 0 Å². The summed E-state index contributed by atoms with van der Waals surface area (Å²) < 4.78 is 0. The van der Waals surface area contributed by atoms with Gasteiger partial charge in [-0.1, -0.05) is 42.5 Å². The molecule has 0 aromatic heterocycles. The summed E-state index contributed by atoms with van der Waals surface area (Å²) in [6.07, 6.45) is 6.49. The van der Waals surface area contributed by atoms with Crippen molar-refractivity contribution in [2.75, 3.05) is 18.4 Å². The van der Waals surface area contributed by atoms with Gasteiger partial charge in [-0.05, 0) is 43.0 Å². The van der Waals surface area contributed by atoms with E-state index in [1.54, 1.807) is 18.2 Å². The second-order valence-electron chi connectivity index (χ2n) is 6.13. The molecule has 0 radical (unpaired) electrons. The summed E-state index contributed by atoms with van der Waals surface area (Å²) in [5.41, 5.74) is 2.06. The van der Waals surface area contributed by atoms with Crippen molar-refractivity contribution in [2.45, 2.75) is 19.3 Å². The zero-order chi connectivity index (χ0) is 17.5. The van der Waals surface area contributed by atoms with Crippen molar-refractivity contribution >= 4 is 23.6 Å². The van der Waals surface area contributed by atoms with E-state index in [-0.39, 0.29) is 11.8 Å². The topological polar surface area (TPSA) is 49.4 Å². The van der Waals surface area contributed by atoms with E-state index in [0.717, 1.165) is 31.5 Å². The number of benzene rings is 2. The fraction of sp³-hybridized carbons (Fsp3) is 0.238. The van der Waals surface area contributed by atoms with Gasteiger partial charge < -0.3 is 10.2 Å². The lowest BCUT2D eigenvalue weighted by atomic mass is 10.1. The molecule has 1 N–H and O–H groups in total. The quantitative estimate of drug-likeness (QED) is 0.860. The molecule has 1 heterocycles. The molecule has 0 bridgehead atoms. The average molecular weight is 334 g/mol. The van der Waals surface area contributed by atoms with Crippen LogP contribution in [-0.2, 0) is 4.79 Å². The molecule has 0 unspecified atom stereocenters. The minimum absolute atomic E-state index is 0.0114. The lowest BCUT2D eigenvalue weighted by molar-refractivity contribution is -0.111. The first-order valence-electron chi connectivity index (χ1n) is 8.66. The molecule has 1 fully saturated rings. The van der Waals surface area contributed by atoms with E-state index in [4.69, 9.17) is 0 Å². The van der Waals surface area contributed by atoms with Crippen LogP contribution in [0.25, 0.3) is 6.08 Å². The first kappa shape index (κ1) is 17.0. The van der Waals surface area contributed by atoms with Gasteiger partial charge in [-0.25, -0.2) is 0 Å². The highest BCUT2D eigenvalue weighted by atomic mass is 16.2. The maximum absolute atomic E-state index is 12.7. The summed E-state index contributed by atoms with van der Waals surface area (Å²) in [6.45, 7) is 1.57. The van der Waals surface area contributed by atoms with Gasteiger partial charge in [-0.3, -0.25) is 9.59 Å². The molecule has 2 amide bonds. The van der Waals surface area contributed by atoms with Crippen LogP contribution in [0.1, 0.15) is 35.2 Å². The number of anilines is 1. The summed E-state index contributed by atoms with van der Waals surface area (Å²) in [5.74, 6) is -0.259. The molecule has 0 aliphatic carbocycles. The number of hydrogen-bond donors (Lipinski definition) is 1. The summed E-state index contributed by atoms with van der Waals surface area (Å²) >= 11 is 0. The van der Waals surface area contributed by atoms with Crippen LogP contribution in [-0.4, -0.2) is 29.8 Å². The molecule has 1 saturated heterocycles. The fourth-order valence-corrected chi connectivity index (χ4v) is 2.96. The molecule has 1 aliphatic heterocycles. The summed E-state index contributed by atoms with van der Waals surface area (Å²) in [6, 6.07) is 16.8. The summed E-state index contributed by atoms with van der Waals surface area (Å²) in [7, 11) is 0. The molecule has 128 valence electrons. The third kappa shape index (κ3) is 4.57. The Kier molecular flexibility index (Phi) is 5.62. The van der Waals surface area contributed by atoms with E-state index in [1.165, 1.54) is 12.5 Å². The third-order valence-corrected chi connectivity index (χ3v) is 4.29. The monoisotopic (exact) mass is 334 g/mol. The standard InChI is InChI=1S/C21H22N2O2/c24-20(14-13-17-9-3-1-4-10-17)22-19-12-6-5-11-18(19)21(25)23-15-7-2-8-16-23/h1,3-6,9-14H,2,7-8,15-16H2,(H,22,24). The first-order valence-corrected chi connectivity index (χ1v) is 8.66. The van der Waals surface area contributed by atoms with E-state index in [0.29, 0.717) is 11.3 Å². The Morgan fingerprint density at radius 1 is 0.880 bits per heavy atom. The second kappa shape index (κ2) is 8.29. The predicted octanol–water partition coefficient (Wildman–Crippen LogP) is 3.96. The van der Waals surface area contributed by atoms with Crippen molar-refractivity contribution in [2.24, 2.45) is 0 Å². The fourth-order valence-electron chi connectivity index (χ4n) is 2.96. The molecule has 0 atom stereocenters. The molecule has 2 aromatic carbocycles. The maximum atomic E-state index is 12.7. The number of nitrogens with one attached hydrogen (secondary N) is 1. The van der Waals surface area contributed by atoms with Gasteiger partial charge in [0.2, 0.25) is 5.91 Å². The minimum atomic E-state index is -0.247. The van der Waals surface area contributed by atoms with Crippen molar-refractivity contribution in [1.82, 2.24) is 4.90 Å². The Morgan fingerprint density at radius 2 is 1.56 bits per heavy atom. The van der Waals surface area contributed by atoms with Crippen LogP contribution in [0.5, 0.6) is 0 Å². The third-order valence-electron chi connectivity index (χ3n) is 4.29. The van der Waals surface area contributed by atoms with Crippen LogP contribution < -0.4 is 5.32 Å². The Hall–Kier alpha value is -2.88. The van der Waals surface area contributed by atoms with Crippen LogP contribution in [0.3, 0.4) is 0 Å².